The van der Waals surface area contributed by atoms with Crippen LogP contribution in [-0.4, -0.2) is 49.8 Å². The van der Waals surface area contributed by atoms with E-state index < -0.39 is 0 Å². The van der Waals surface area contributed by atoms with Crippen molar-refractivity contribution in [3.05, 3.63) is 0 Å². The van der Waals surface area contributed by atoms with Crippen LogP contribution in [0, 0.1) is 0 Å². The van der Waals surface area contributed by atoms with E-state index in [2.05, 4.69) is 4.90 Å². The SMILES string of the molecule is CCOC1CCCN(C(C)C(=O)OC)C1. The van der Waals surface area contributed by atoms with Crippen LogP contribution in [0.3, 0.4) is 0 Å². The molecule has 0 aromatic rings. The summed E-state index contributed by atoms with van der Waals surface area (Å²) in [5.74, 6) is -0.160. The summed E-state index contributed by atoms with van der Waals surface area (Å²) in [6.07, 6.45) is 2.46. The Labute approximate surface area is 91.5 Å². The summed E-state index contributed by atoms with van der Waals surface area (Å²) < 4.78 is 10.3. The third kappa shape index (κ3) is 3.47. The number of ether oxygens (including phenoxy) is 2. The zero-order valence-corrected chi connectivity index (χ0v) is 9.86. The maximum Gasteiger partial charge on any atom is 0.322 e. The summed E-state index contributed by atoms with van der Waals surface area (Å²) in [4.78, 5) is 13.5. The maximum atomic E-state index is 11.4. The predicted octanol–water partition coefficient (Wildman–Crippen LogP) is 1.05. The second-order valence-electron chi connectivity index (χ2n) is 3.91. The quantitative estimate of drug-likeness (QED) is 0.657. The van der Waals surface area contributed by atoms with Crippen LogP contribution in [0.5, 0.6) is 0 Å². The monoisotopic (exact) mass is 215 g/mol. The third-order valence-corrected chi connectivity index (χ3v) is 2.90. The molecule has 0 bridgehead atoms. The molecule has 0 N–H and O–H groups in total. The molecule has 1 aliphatic rings. The number of hydrogen-bond acceptors (Lipinski definition) is 4. The van der Waals surface area contributed by atoms with E-state index in [9.17, 15) is 4.79 Å². The molecule has 1 fully saturated rings. The van der Waals surface area contributed by atoms with Crippen molar-refractivity contribution in [3.63, 3.8) is 0 Å². The van der Waals surface area contributed by atoms with Crippen LogP contribution in [-0.2, 0) is 14.3 Å². The molecule has 1 saturated heterocycles. The lowest BCUT2D eigenvalue weighted by Gasteiger charge is -2.35. The lowest BCUT2D eigenvalue weighted by atomic mass is 10.1. The minimum absolute atomic E-state index is 0.154. The van der Waals surface area contributed by atoms with Gasteiger partial charge in [-0.15, -0.1) is 0 Å². The fourth-order valence-electron chi connectivity index (χ4n) is 2.01. The van der Waals surface area contributed by atoms with Gasteiger partial charge < -0.3 is 9.47 Å². The number of piperidine rings is 1. The Morgan fingerprint density at radius 3 is 2.93 bits per heavy atom. The van der Waals surface area contributed by atoms with Crippen LogP contribution in [0.15, 0.2) is 0 Å². The molecule has 0 radical (unpaired) electrons. The molecule has 0 spiro atoms. The Bertz CT molecular complexity index is 206. The first kappa shape index (κ1) is 12.5. The number of rotatable bonds is 4. The van der Waals surface area contributed by atoms with E-state index in [4.69, 9.17) is 9.47 Å². The van der Waals surface area contributed by atoms with Crippen LogP contribution in [0.2, 0.25) is 0 Å². The first-order chi connectivity index (χ1) is 7.19. The highest BCUT2D eigenvalue weighted by Gasteiger charge is 2.27. The van der Waals surface area contributed by atoms with E-state index in [0.717, 1.165) is 32.5 Å². The molecule has 0 amide bonds. The zero-order valence-electron chi connectivity index (χ0n) is 9.86. The molecule has 88 valence electrons. The lowest BCUT2D eigenvalue weighted by Crippen LogP contribution is -2.47. The van der Waals surface area contributed by atoms with Gasteiger partial charge in [-0.3, -0.25) is 9.69 Å². The van der Waals surface area contributed by atoms with Gasteiger partial charge >= 0.3 is 5.97 Å². The average molecular weight is 215 g/mol. The van der Waals surface area contributed by atoms with Gasteiger partial charge in [-0.25, -0.2) is 0 Å². The Morgan fingerprint density at radius 2 is 2.33 bits per heavy atom. The van der Waals surface area contributed by atoms with Gasteiger partial charge in [0.2, 0.25) is 0 Å². The Morgan fingerprint density at radius 1 is 1.60 bits per heavy atom. The van der Waals surface area contributed by atoms with Crippen molar-refractivity contribution < 1.29 is 14.3 Å². The van der Waals surface area contributed by atoms with Crippen LogP contribution in [0.1, 0.15) is 26.7 Å². The lowest BCUT2D eigenvalue weighted by molar-refractivity contribution is -0.147. The first-order valence-corrected chi connectivity index (χ1v) is 5.62. The van der Waals surface area contributed by atoms with Crippen LogP contribution in [0.25, 0.3) is 0 Å². The average Bonchev–Trinajstić information content (AvgIpc) is 2.28. The molecule has 0 saturated carbocycles. The molecule has 0 aliphatic carbocycles. The number of carbonyl (C=O) groups is 1. The second-order valence-corrected chi connectivity index (χ2v) is 3.91. The molecular weight excluding hydrogens is 194 g/mol. The van der Waals surface area contributed by atoms with Crippen molar-refractivity contribution >= 4 is 5.97 Å². The highest BCUT2D eigenvalue weighted by Crippen LogP contribution is 2.16. The van der Waals surface area contributed by atoms with Crippen molar-refractivity contribution in [1.82, 2.24) is 4.90 Å². The van der Waals surface area contributed by atoms with Gasteiger partial charge in [0, 0.05) is 13.2 Å². The Kier molecular flexibility index (Phi) is 5.05. The van der Waals surface area contributed by atoms with Crippen molar-refractivity contribution in [3.8, 4) is 0 Å². The largest absolute Gasteiger partial charge is 0.468 e. The summed E-state index contributed by atoms with van der Waals surface area (Å²) in [7, 11) is 1.43. The Hall–Kier alpha value is -0.610. The van der Waals surface area contributed by atoms with E-state index in [1.54, 1.807) is 0 Å². The van der Waals surface area contributed by atoms with Gasteiger partial charge in [-0.2, -0.15) is 0 Å². The van der Waals surface area contributed by atoms with Gasteiger partial charge in [-0.05, 0) is 33.2 Å². The number of nitrogens with zero attached hydrogens (tertiary/aromatic N) is 1. The summed E-state index contributed by atoms with van der Waals surface area (Å²) >= 11 is 0. The fourth-order valence-corrected chi connectivity index (χ4v) is 2.01. The van der Waals surface area contributed by atoms with E-state index >= 15 is 0 Å². The first-order valence-electron chi connectivity index (χ1n) is 5.62. The summed E-state index contributed by atoms with van der Waals surface area (Å²) in [6, 6.07) is -0.154. The second kappa shape index (κ2) is 6.08. The van der Waals surface area contributed by atoms with E-state index in [0.29, 0.717) is 0 Å². The number of hydrogen-bond donors (Lipinski definition) is 0. The summed E-state index contributed by atoms with van der Waals surface area (Å²) in [5.41, 5.74) is 0. The molecule has 1 aliphatic heterocycles. The predicted molar refractivity (Wildman–Crippen MR) is 57.7 cm³/mol. The van der Waals surface area contributed by atoms with Gasteiger partial charge in [0.1, 0.15) is 6.04 Å². The van der Waals surface area contributed by atoms with Gasteiger partial charge in [0.05, 0.1) is 13.2 Å². The molecule has 0 aromatic heterocycles. The maximum absolute atomic E-state index is 11.4. The van der Waals surface area contributed by atoms with Gasteiger partial charge in [0.25, 0.3) is 0 Å². The van der Waals surface area contributed by atoms with Crippen LogP contribution >= 0.6 is 0 Å². The van der Waals surface area contributed by atoms with E-state index in [1.165, 1.54) is 7.11 Å². The smallest absolute Gasteiger partial charge is 0.322 e. The molecule has 1 heterocycles. The molecule has 4 nitrogen and oxygen atoms in total. The summed E-state index contributed by atoms with van der Waals surface area (Å²) in [6.45, 7) is 6.43. The topological polar surface area (TPSA) is 38.8 Å². The highest BCUT2D eigenvalue weighted by atomic mass is 16.5. The molecule has 1 rings (SSSR count). The summed E-state index contributed by atoms with van der Waals surface area (Å²) in [5, 5.41) is 0. The van der Waals surface area contributed by atoms with Crippen molar-refractivity contribution in [1.29, 1.82) is 0 Å². The van der Waals surface area contributed by atoms with Gasteiger partial charge in [-0.1, -0.05) is 0 Å². The minimum Gasteiger partial charge on any atom is -0.468 e. The van der Waals surface area contributed by atoms with E-state index in [1.807, 2.05) is 13.8 Å². The van der Waals surface area contributed by atoms with Crippen LogP contribution in [0.4, 0.5) is 0 Å². The highest BCUT2D eigenvalue weighted by molar-refractivity contribution is 5.75. The molecule has 15 heavy (non-hydrogen) atoms. The standard InChI is InChI=1S/C11H21NO3/c1-4-15-10-6-5-7-12(8-10)9(2)11(13)14-3/h9-10H,4-8H2,1-3H3. The zero-order chi connectivity index (χ0) is 11.3. The van der Waals surface area contributed by atoms with E-state index in [-0.39, 0.29) is 18.1 Å². The molecule has 2 atom stereocenters. The normalized spacial score (nSPS) is 24.9. The fraction of sp³-hybridized carbons (Fsp3) is 0.909. The number of likely N-dealkylation sites (tertiary alicyclic amines) is 1. The Balaban J connectivity index is 2.44. The third-order valence-electron chi connectivity index (χ3n) is 2.90. The van der Waals surface area contributed by atoms with Crippen molar-refractivity contribution in [2.24, 2.45) is 0 Å². The number of carbonyl (C=O) groups excluding carboxylic acids is 1. The van der Waals surface area contributed by atoms with Gasteiger partial charge in [0.15, 0.2) is 0 Å². The molecule has 0 aromatic carbocycles. The molecule has 4 heteroatoms. The van der Waals surface area contributed by atoms with Crippen molar-refractivity contribution in [2.75, 3.05) is 26.8 Å². The number of methoxy groups -OCH3 is 1. The molecule has 2 unspecified atom stereocenters. The van der Waals surface area contributed by atoms with Crippen LogP contribution < -0.4 is 0 Å². The number of esters is 1. The molecular formula is C11H21NO3. The minimum atomic E-state index is -0.160. The van der Waals surface area contributed by atoms with Crippen molar-refractivity contribution in [2.45, 2.75) is 38.8 Å².